The van der Waals surface area contributed by atoms with E-state index < -0.39 is 11.0 Å². The molecule has 1 rings (SSSR count). The van der Waals surface area contributed by atoms with Crippen LogP contribution in [0.4, 0.5) is 5.69 Å². The molecule has 0 saturated heterocycles. The van der Waals surface area contributed by atoms with Gasteiger partial charge in [-0.15, -0.1) is 0 Å². The van der Waals surface area contributed by atoms with Gasteiger partial charge in [-0.1, -0.05) is 39.0 Å². The Labute approximate surface area is 95.1 Å². The van der Waals surface area contributed by atoms with Crippen LogP contribution in [0.5, 0.6) is 0 Å². The van der Waals surface area contributed by atoms with E-state index in [1.165, 1.54) is 6.07 Å². The Kier molecular flexibility index (Phi) is 4.01. The van der Waals surface area contributed by atoms with Crippen molar-refractivity contribution in [2.75, 3.05) is 0 Å². The van der Waals surface area contributed by atoms with Gasteiger partial charge in [0, 0.05) is 17.5 Å². The summed E-state index contributed by atoms with van der Waals surface area (Å²) in [5.74, 6) is -0.156. The van der Waals surface area contributed by atoms with Gasteiger partial charge < -0.3 is 5.11 Å². The fourth-order valence-corrected chi connectivity index (χ4v) is 1.80. The second kappa shape index (κ2) is 5.07. The lowest BCUT2D eigenvalue weighted by molar-refractivity contribution is -0.385. The Bertz CT molecular complexity index is 376. The van der Waals surface area contributed by atoms with Gasteiger partial charge in [-0.3, -0.25) is 10.1 Å². The largest absolute Gasteiger partial charge is 0.392 e. The maximum atomic E-state index is 10.8. The number of aliphatic hydroxyl groups is 1. The number of hydrogen-bond acceptors (Lipinski definition) is 3. The molecule has 0 fully saturated rings. The highest BCUT2D eigenvalue weighted by atomic mass is 16.6. The van der Waals surface area contributed by atoms with Crippen molar-refractivity contribution < 1.29 is 10.0 Å². The van der Waals surface area contributed by atoms with Gasteiger partial charge in [0.25, 0.3) is 5.69 Å². The zero-order chi connectivity index (χ0) is 12.3. The molecule has 2 atom stereocenters. The van der Waals surface area contributed by atoms with Crippen LogP contribution >= 0.6 is 0 Å². The average molecular weight is 223 g/mol. The first-order chi connectivity index (χ1) is 7.45. The van der Waals surface area contributed by atoms with Crippen molar-refractivity contribution in [3.8, 4) is 0 Å². The molecule has 4 heteroatoms. The zero-order valence-corrected chi connectivity index (χ0v) is 9.75. The number of rotatable bonds is 4. The summed E-state index contributed by atoms with van der Waals surface area (Å²) in [4.78, 5) is 10.4. The minimum absolute atomic E-state index is 0.0784. The Balaban J connectivity index is 3.08. The topological polar surface area (TPSA) is 63.4 Å². The number of nitro benzene ring substituents is 1. The minimum atomic E-state index is -0.568. The molecule has 0 saturated carbocycles. The lowest BCUT2D eigenvalue weighted by Gasteiger charge is -2.22. The summed E-state index contributed by atoms with van der Waals surface area (Å²) < 4.78 is 0. The summed E-state index contributed by atoms with van der Waals surface area (Å²) in [6, 6.07) is 6.56. The van der Waals surface area contributed by atoms with Gasteiger partial charge in [0.05, 0.1) is 11.0 Å². The maximum absolute atomic E-state index is 10.8. The fourth-order valence-electron chi connectivity index (χ4n) is 1.80. The quantitative estimate of drug-likeness (QED) is 0.630. The molecule has 0 radical (unpaired) electrons. The van der Waals surface area contributed by atoms with Crippen molar-refractivity contribution in [1.29, 1.82) is 0 Å². The predicted molar refractivity (Wildman–Crippen MR) is 62.4 cm³/mol. The molecule has 4 nitrogen and oxygen atoms in total. The van der Waals surface area contributed by atoms with Crippen LogP contribution in [0.15, 0.2) is 24.3 Å². The third-order valence-electron chi connectivity index (χ3n) is 2.82. The van der Waals surface area contributed by atoms with Gasteiger partial charge >= 0.3 is 0 Å². The second-order valence-electron chi connectivity index (χ2n) is 4.34. The van der Waals surface area contributed by atoms with E-state index in [1.807, 2.05) is 20.8 Å². The van der Waals surface area contributed by atoms with Gasteiger partial charge in [-0.2, -0.15) is 0 Å². The summed E-state index contributed by atoms with van der Waals surface area (Å²) in [5, 5.41) is 20.8. The van der Waals surface area contributed by atoms with Gasteiger partial charge in [0.15, 0.2) is 0 Å². The number of nitro groups is 1. The molecular formula is C12H17NO3. The molecule has 1 aromatic carbocycles. The maximum Gasteiger partial charge on any atom is 0.272 e. The smallest absolute Gasteiger partial charge is 0.272 e. The van der Waals surface area contributed by atoms with Crippen LogP contribution in [0.3, 0.4) is 0 Å². The van der Waals surface area contributed by atoms with Gasteiger partial charge in [-0.25, -0.2) is 0 Å². The third-order valence-corrected chi connectivity index (χ3v) is 2.82. The molecular weight excluding hydrogens is 206 g/mol. The Hall–Kier alpha value is -1.42. The van der Waals surface area contributed by atoms with Gasteiger partial charge in [0.2, 0.25) is 0 Å². The number of para-hydroxylation sites is 1. The lowest BCUT2D eigenvalue weighted by atomic mass is 9.88. The lowest BCUT2D eigenvalue weighted by Crippen LogP contribution is -2.22. The summed E-state index contributed by atoms with van der Waals surface area (Å²) >= 11 is 0. The molecule has 1 N–H and O–H groups in total. The zero-order valence-electron chi connectivity index (χ0n) is 9.75. The summed E-state index contributed by atoms with van der Waals surface area (Å²) in [7, 11) is 0. The van der Waals surface area contributed by atoms with E-state index >= 15 is 0 Å². The first kappa shape index (κ1) is 12.6. The third kappa shape index (κ3) is 2.58. The van der Waals surface area contributed by atoms with Crippen LogP contribution < -0.4 is 0 Å². The van der Waals surface area contributed by atoms with Crippen molar-refractivity contribution in [3.05, 3.63) is 39.9 Å². The van der Waals surface area contributed by atoms with Crippen LogP contribution in [-0.2, 0) is 0 Å². The van der Waals surface area contributed by atoms with Crippen LogP contribution in [0.1, 0.15) is 32.3 Å². The van der Waals surface area contributed by atoms with Crippen molar-refractivity contribution in [1.82, 2.24) is 0 Å². The standard InChI is InChI=1S/C12H17NO3/c1-8(2)12(14)9(3)10-6-4-5-7-11(10)13(15)16/h4-9,12,14H,1-3H3. The monoisotopic (exact) mass is 223 g/mol. The fraction of sp³-hybridized carbons (Fsp3) is 0.500. The highest BCUT2D eigenvalue weighted by Gasteiger charge is 2.25. The molecule has 0 aliphatic heterocycles. The van der Waals surface area contributed by atoms with E-state index in [1.54, 1.807) is 18.2 Å². The van der Waals surface area contributed by atoms with E-state index in [-0.39, 0.29) is 17.5 Å². The Morgan fingerprint density at radius 1 is 1.25 bits per heavy atom. The molecule has 16 heavy (non-hydrogen) atoms. The van der Waals surface area contributed by atoms with Crippen LogP contribution in [0, 0.1) is 16.0 Å². The highest BCUT2D eigenvalue weighted by molar-refractivity contribution is 5.42. The molecule has 0 aliphatic carbocycles. The molecule has 0 spiro atoms. The molecule has 2 unspecified atom stereocenters. The average Bonchev–Trinajstić information content (AvgIpc) is 2.26. The molecule has 1 aromatic rings. The molecule has 0 bridgehead atoms. The summed E-state index contributed by atoms with van der Waals surface area (Å²) in [6.45, 7) is 5.61. The Morgan fingerprint density at radius 3 is 2.31 bits per heavy atom. The van der Waals surface area contributed by atoms with Crippen molar-refractivity contribution in [2.45, 2.75) is 32.8 Å². The first-order valence-corrected chi connectivity index (χ1v) is 5.36. The molecule has 0 amide bonds. The summed E-state index contributed by atoms with van der Waals surface area (Å²) in [6.07, 6.45) is -0.568. The SMILES string of the molecule is CC(C)C(O)C(C)c1ccccc1[N+](=O)[O-]. The van der Waals surface area contributed by atoms with E-state index in [4.69, 9.17) is 0 Å². The minimum Gasteiger partial charge on any atom is -0.392 e. The summed E-state index contributed by atoms with van der Waals surface area (Å²) in [5.41, 5.74) is 0.670. The predicted octanol–water partition coefficient (Wildman–Crippen LogP) is 2.72. The molecule has 88 valence electrons. The van der Waals surface area contributed by atoms with Gasteiger partial charge in [0.1, 0.15) is 0 Å². The number of nitrogens with zero attached hydrogens (tertiary/aromatic N) is 1. The Morgan fingerprint density at radius 2 is 1.81 bits per heavy atom. The number of hydrogen-bond donors (Lipinski definition) is 1. The molecule has 0 heterocycles. The highest BCUT2D eigenvalue weighted by Crippen LogP contribution is 2.30. The van der Waals surface area contributed by atoms with Crippen molar-refractivity contribution >= 4 is 5.69 Å². The number of benzene rings is 1. The van der Waals surface area contributed by atoms with E-state index in [0.717, 1.165) is 0 Å². The molecule has 0 aliphatic rings. The van der Waals surface area contributed by atoms with E-state index in [0.29, 0.717) is 5.56 Å². The van der Waals surface area contributed by atoms with Crippen LogP contribution in [0.2, 0.25) is 0 Å². The normalized spacial score (nSPS) is 14.8. The first-order valence-electron chi connectivity index (χ1n) is 5.36. The van der Waals surface area contributed by atoms with Gasteiger partial charge in [-0.05, 0) is 5.92 Å². The second-order valence-corrected chi connectivity index (χ2v) is 4.34. The van der Waals surface area contributed by atoms with E-state index in [9.17, 15) is 15.2 Å². The van der Waals surface area contributed by atoms with Crippen LogP contribution in [0.25, 0.3) is 0 Å². The van der Waals surface area contributed by atoms with E-state index in [2.05, 4.69) is 0 Å². The molecule has 0 aromatic heterocycles. The van der Waals surface area contributed by atoms with Crippen LogP contribution in [-0.4, -0.2) is 16.1 Å². The van der Waals surface area contributed by atoms with Crippen molar-refractivity contribution in [3.63, 3.8) is 0 Å². The number of aliphatic hydroxyl groups excluding tert-OH is 1. The van der Waals surface area contributed by atoms with Crippen molar-refractivity contribution in [2.24, 2.45) is 5.92 Å².